The van der Waals surface area contributed by atoms with Crippen molar-refractivity contribution in [2.45, 2.75) is 6.92 Å². The Hall–Kier alpha value is -1.97. The van der Waals surface area contributed by atoms with E-state index in [9.17, 15) is 4.79 Å². The van der Waals surface area contributed by atoms with Crippen LogP contribution in [0, 0.1) is 6.92 Å². The third-order valence-corrected chi connectivity index (χ3v) is 3.98. The van der Waals surface area contributed by atoms with Gasteiger partial charge in [0.1, 0.15) is 5.76 Å². The van der Waals surface area contributed by atoms with Crippen LogP contribution in [0.4, 0.5) is 5.69 Å². The van der Waals surface area contributed by atoms with Crippen molar-refractivity contribution in [2.24, 2.45) is 0 Å². The molecule has 0 unspecified atom stereocenters. The zero-order chi connectivity index (χ0) is 15.1. The summed E-state index contributed by atoms with van der Waals surface area (Å²) in [5.41, 5.74) is 7.44. The Morgan fingerprint density at radius 2 is 1.76 bits per heavy atom. The summed E-state index contributed by atoms with van der Waals surface area (Å²) in [5.74, 6) is 0.470. The summed E-state index contributed by atoms with van der Waals surface area (Å²) in [6.07, 6.45) is 0. The summed E-state index contributed by atoms with van der Waals surface area (Å²) in [5, 5.41) is 0.759. The highest BCUT2D eigenvalue weighted by Crippen LogP contribution is 2.35. The minimum Gasteiger partial charge on any atom is -0.453 e. The summed E-state index contributed by atoms with van der Waals surface area (Å²) in [6.45, 7) is 1.70. The van der Waals surface area contributed by atoms with Crippen molar-refractivity contribution >= 4 is 39.9 Å². The molecule has 0 spiro atoms. The van der Waals surface area contributed by atoms with Crippen molar-refractivity contribution in [1.82, 2.24) is 0 Å². The van der Waals surface area contributed by atoms with Crippen LogP contribution >= 0.6 is 23.2 Å². The van der Waals surface area contributed by atoms with Crippen molar-refractivity contribution in [3.8, 4) is 11.3 Å². The van der Waals surface area contributed by atoms with Crippen molar-refractivity contribution in [2.75, 3.05) is 5.73 Å². The zero-order valence-corrected chi connectivity index (χ0v) is 12.6. The molecule has 0 amide bonds. The number of nitrogens with two attached hydrogens (primary N) is 1. The monoisotopic (exact) mass is 319 g/mol. The number of fused-ring (bicyclic) bond motifs is 1. The van der Waals surface area contributed by atoms with Gasteiger partial charge in [-0.05, 0) is 13.0 Å². The predicted octanol–water partition coefficient (Wildman–Crippen LogP) is 4.66. The first-order valence-electron chi connectivity index (χ1n) is 6.27. The van der Waals surface area contributed by atoms with Gasteiger partial charge in [-0.1, -0.05) is 53.5 Å². The van der Waals surface area contributed by atoms with Crippen molar-refractivity contribution in [3.05, 3.63) is 62.2 Å². The van der Waals surface area contributed by atoms with Gasteiger partial charge in [0.05, 0.1) is 21.1 Å². The molecule has 106 valence electrons. The molecule has 2 aromatic carbocycles. The lowest BCUT2D eigenvalue weighted by molar-refractivity contribution is 0.615. The molecular formula is C16H11Cl2NO2. The van der Waals surface area contributed by atoms with E-state index in [-0.39, 0.29) is 32.1 Å². The lowest BCUT2D eigenvalue weighted by Gasteiger charge is -2.10. The molecule has 3 rings (SSSR count). The summed E-state index contributed by atoms with van der Waals surface area (Å²) < 4.78 is 5.86. The highest BCUT2D eigenvalue weighted by molar-refractivity contribution is 6.40. The van der Waals surface area contributed by atoms with Gasteiger partial charge in [-0.15, -0.1) is 0 Å². The molecule has 0 aliphatic rings. The average Bonchev–Trinajstić information content (AvgIpc) is 2.48. The number of halogens is 2. The Morgan fingerprint density at radius 3 is 2.43 bits per heavy atom. The first-order valence-corrected chi connectivity index (χ1v) is 7.02. The Labute approximate surface area is 130 Å². The summed E-state index contributed by atoms with van der Waals surface area (Å²) >= 11 is 12.1. The van der Waals surface area contributed by atoms with Gasteiger partial charge in [0, 0.05) is 11.1 Å². The van der Waals surface area contributed by atoms with E-state index in [1.54, 1.807) is 6.92 Å². The second-order valence-electron chi connectivity index (χ2n) is 4.71. The second-order valence-corrected chi connectivity index (χ2v) is 5.52. The van der Waals surface area contributed by atoms with Crippen LogP contribution in [0.5, 0.6) is 0 Å². The zero-order valence-electron chi connectivity index (χ0n) is 11.1. The van der Waals surface area contributed by atoms with Crippen LogP contribution in [-0.2, 0) is 0 Å². The predicted molar refractivity (Wildman–Crippen MR) is 87.1 cm³/mol. The van der Waals surface area contributed by atoms with Gasteiger partial charge < -0.3 is 10.2 Å². The van der Waals surface area contributed by atoms with Crippen LogP contribution in [0.3, 0.4) is 0 Å². The van der Waals surface area contributed by atoms with Crippen LogP contribution in [0.25, 0.3) is 22.3 Å². The molecule has 0 aliphatic carbocycles. The Kier molecular flexibility index (Phi) is 3.40. The maximum Gasteiger partial charge on any atom is 0.197 e. The van der Waals surface area contributed by atoms with Crippen LogP contribution in [-0.4, -0.2) is 0 Å². The van der Waals surface area contributed by atoms with Crippen LogP contribution < -0.4 is 11.2 Å². The van der Waals surface area contributed by atoms with E-state index in [4.69, 9.17) is 33.4 Å². The van der Waals surface area contributed by atoms with Crippen LogP contribution in [0.2, 0.25) is 10.0 Å². The highest BCUT2D eigenvalue weighted by atomic mass is 35.5. The number of hydrogen-bond donors (Lipinski definition) is 1. The fraction of sp³-hybridized carbons (Fsp3) is 0.0625. The Balaban J connectivity index is 2.48. The van der Waals surface area contributed by atoms with E-state index in [0.29, 0.717) is 11.3 Å². The summed E-state index contributed by atoms with van der Waals surface area (Å²) in [6, 6.07) is 10.8. The molecule has 0 radical (unpaired) electrons. The maximum absolute atomic E-state index is 12.6. The summed E-state index contributed by atoms with van der Waals surface area (Å²) in [7, 11) is 0. The van der Waals surface area contributed by atoms with Gasteiger partial charge in [-0.25, -0.2) is 0 Å². The van der Waals surface area contributed by atoms with E-state index in [0.717, 1.165) is 5.56 Å². The smallest absolute Gasteiger partial charge is 0.197 e. The molecule has 1 aromatic heterocycles. The molecule has 0 saturated heterocycles. The fourth-order valence-electron chi connectivity index (χ4n) is 2.26. The van der Waals surface area contributed by atoms with Crippen LogP contribution in [0.15, 0.2) is 45.6 Å². The molecule has 1 heterocycles. The normalized spacial score (nSPS) is 11.0. The number of benzene rings is 2. The third-order valence-electron chi connectivity index (χ3n) is 3.37. The van der Waals surface area contributed by atoms with Crippen LogP contribution in [0.1, 0.15) is 5.56 Å². The van der Waals surface area contributed by atoms with E-state index in [1.165, 1.54) is 6.07 Å². The lowest BCUT2D eigenvalue weighted by atomic mass is 10.1. The number of hydrogen-bond acceptors (Lipinski definition) is 3. The Morgan fingerprint density at radius 1 is 1.10 bits per heavy atom. The average molecular weight is 320 g/mol. The number of rotatable bonds is 1. The number of nitrogen functional groups attached to an aromatic ring is 1. The van der Waals surface area contributed by atoms with Gasteiger partial charge in [0.25, 0.3) is 0 Å². The molecular weight excluding hydrogens is 309 g/mol. The van der Waals surface area contributed by atoms with E-state index in [1.807, 2.05) is 30.3 Å². The van der Waals surface area contributed by atoms with Crippen molar-refractivity contribution < 1.29 is 4.42 Å². The molecule has 21 heavy (non-hydrogen) atoms. The molecule has 0 atom stereocenters. The highest BCUT2D eigenvalue weighted by Gasteiger charge is 2.18. The van der Waals surface area contributed by atoms with Gasteiger partial charge in [-0.3, -0.25) is 4.79 Å². The lowest BCUT2D eigenvalue weighted by Crippen LogP contribution is -2.09. The number of anilines is 1. The van der Waals surface area contributed by atoms with Crippen molar-refractivity contribution in [1.29, 1.82) is 0 Å². The van der Waals surface area contributed by atoms with E-state index >= 15 is 0 Å². The summed E-state index contributed by atoms with van der Waals surface area (Å²) in [4.78, 5) is 12.6. The molecule has 0 bridgehead atoms. The molecule has 5 heteroatoms. The minimum absolute atomic E-state index is 0.205. The fourth-order valence-corrected chi connectivity index (χ4v) is 2.80. The molecule has 0 fully saturated rings. The van der Waals surface area contributed by atoms with Gasteiger partial charge in [-0.2, -0.15) is 0 Å². The van der Waals surface area contributed by atoms with Gasteiger partial charge in [0.2, 0.25) is 0 Å². The first kappa shape index (κ1) is 14.0. The topological polar surface area (TPSA) is 56.2 Å². The minimum atomic E-state index is -0.205. The van der Waals surface area contributed by atoms with E-state index < -0.39 is 0 Å². The molecule has 3 aromatic rings. The first-order chi connectivity index (χ1) is 10.0. The van der Waals surface area contributed by atoms with Gasteiger partial charge in [0.15, 0.2) is 11.0 Å². The Bertz CT molecular complexity index is 902. The SMILES string of the molecule is Cc1c(-c2ccccc2)oc2c(N)c(Cl)cc(Cl)c2c1=O. The molecule has 0 aliphatic heterocycles. The van der Waals surface area contributed by atoms with Gasteiger partial charge >= 0.3 is 0 Å². The van der Waals surface area contributed by atoms with E-state index in [2.05, 4.69) is 0 Å². The largest absolute Gasteiger partial charge is 0.453 e. The molecule has 2 N–H and O–H groups in total. The molecule has 3 nitrogen and oxygen atoms in total. The maximum atomic E-state index is 12.6. The standard InChI is InChI=1S/C16H11Cl2NO2/c1-8-14(20)12-10(17)7-11(18)13(19)16(12)21-15(8)9-5-3-2-4-6-9/h2-7H,19H2,1H3. The molecule has 0 saturated carbocycles. The quantitative estimate of drug-likeness (QED) is 0.664. The third kappa shape index (κ3) is 2.19. The second kappa shape index (κ2) is 5.10. The van der Waals surface area contributed by atoms with Crippen molar-refractivity contribution in [3.63, 3.8) is 0 Å².